The van der Waals surface area contributed by atoms with Gasteiger partial charge in [0.2, 0.25) is 0 Å². The van der Waals surface area contributed by atoms with Gasteiger partial charge < -0.3 is 0 Å². The van der Waals surface area contributed by atoms with Crippen molar-refractivity contribution in [2.75, 3.05) is 6.26 Å². The predicted molar refractivity (Wildman–Crippen MR) is 47.3 cm³/mol. The first-order valence-corrected chi connectivity index (χ1v) is 4.75. The molecule has 4 nitrogen and oxygen atoms in total. The van der Waals surface area contributed by atoms with Gasteiger partial charge in [-0.3, -0.25) is 0 Å². The van der Waals surface area contributed by atoms with Gasteiger partial charge in [0.1, 0.15) is 11.4 Å². The molecule has 2 aromatic rings. The average molecular weight is 180 g/mol. The highest BCUT2D eigenvalue weighted by Gasteiger charge is 2.02. The Labute approximate surface area is 74.0 Å². The molecule has 0 aliphatic rings. The van der Waals surface area contributed by atoms with Crippen LogP contribution in [0, 0.1) is 6.92 Å². The van der Waals surface area contributed by atoms with Gasteiger partial charge in [-0.1, -0.05) is 0 Å². The van der Waals surface area contributed by atoms with Gasteiger partial charge in [-0.2, -0.15) is 14.6 Å². The number of rotatable bonds is 1. The summed E-state index contributed by atoms with van der Waals surface area (Å²) in [6, 6.07) is 1.99. The van der Waals surface area contributed by atoms with Crippen LogP contribution in [0.15, 0.2) is 17.4 Å². The summed E-state index contributed by atoms with van der Waals surface area (Å²) in [6.45, 7) is 1.95. The topological polar surface area (TPSA) is 43.1 Å². The van der Waals surface area contributed by atoms with Gasteiger partial charge in [0.05, 0.1) is 0 Å². The Kier molecular flexibility index (Phi) is 1.73. The molecule has 0 spiro atoms. The fourth-order valence-electron chi connectivity index (χ4n) is 1.04. The van der Waals surface area contributed by atoms with Gasteiger partial charge in [-0.15, -0.1) is 11.8 Å². The van der Waals surface area contributed by atoms with Gasteiger partial charge in [-0.05, 0) is 19.2 Å². The molecule has 0 saturated heterocycles. The summed E-state index contributed by atoms with van der Waals surface area (Å²) in [6.07, 6.45) is 3.53. The van der Waals surface area contributed by atoms with Crippen molar-refractivity contribution in [2.24, 2.45) is 0 Å². The zero-order valence-corrected chi connectivity index (χ0v) is 7.67. The smallest absolute Gasteiger partial charge is 0.216 e. The van der Waals surface area contributed by atoms with E-state index in [1.807, 2.05) is 19.2 Å². The van der Waals surface area contributed by atoms with E-state index in [0.717, 1.165) is 10.7 Å². The third-order valence-corrected chi connectivity index (χ3v) is 2.27. The fourth-order valence-corrected chi connectivity index (χ4v) is 1.63. The normalized spacial score (nSPS) is 10.8. The van der Waals surface area contributed by atoms with Crippen LogP contribution in [0.1, 0.15) is 5.69 Å². The Morgan fingerprint density at radius 3 is 3.08 bits per heavy atom. The zero-order chi connectivity index (χ0) is 8.55. The van der Waals surface area contributed by atoms with E-state index in [4.69, 9.17) is 0 Å². The van der Waals surface area contributed by atoms with Crippen LogP contribution >= 0.6 is 11.8 Å². The van der Waals surface area contributed by atoms with Crippen molar-refractivity contribution in [3.8, 4) is 0 Å². The van der Waals surface area contributed by atoms with E-state index in [1.54, 1.807) is 16.3 Å². The summed E-state index contributed by atoms with van der Waals surface area (Å²) in [5.74, 6) is 0.666. The molecule has 0 unspecified atom stereocenters. The van der Waals surface area contributed by atoms with E-state index in [0.29, 0.717) is 5.78 Å². The largest absolute Gasteiger partial charge is 0.253 e. The summed E-state index contributed by atoms with van der Waals surface area (Å²) in [5.41, 5.74) is 0.972. The molecule has 12 heavy (non-hydrogen) atoms. The van der Waals surface area contributed by atoms with Crippen LogP contribution in [0.3, 0.4) is 0 Å². The van der Waals surface area contributed by atoms with E-state index >= 15 is 0 Å². The number of fused-ring (bicyclic) bond motifs is 1. The lowest BCUT2D eigenvalue weighted by molar-refractivity contribution is 0.835. The van der Waals surface area contributed by atoms with Crippen LogP contribution in [0.25, 0.3) is 5.78 Å². The molecule has 0 bridgehead atoms. The monoisotopic (exact) mass is 180 g/mol. The Hall–Kier alpha value is -1.10. The second kappa shape index (κ2) is 2.75. The highest BCUT2D eigenvalue weighted by Crippen LogP contribution is 2.14. The van der Waals surface area contributed by atoms with Crippen LogP contribution in [0.4, 0.5) is 0 Å². The molecule has 2 heterocycles. The molecule has 0 atom stereocenters. The van der Waals surface area contributed by atoms with Crippen LogP contribution in [0.2, 0.25) is 0 Å². The summed E-state index contributed by atoms with van der Waals surface area (Å²) in [4.78, 5) is 8.24. The third kappa shape index (κ3) is 1.06. The molecular formula is C7H8N4S. The second-order valence-electron chi connectivity index (χ2n) is 2.41. The van der Waals surface area contributed by atoms with Gasteiger partial charge in [0.15, 0.2) is 0 Å². The second-order valence-corrected chi connectivity index (χ2v) is 3.24. The maximum Gasteiger partial charge on any atom is 0.253 e. The van der Waals surface area contributed by atoms with E-state index in [-0.39, 0.29) is 0 Å². The Bertz CT molecular complexity index is 409. The maximum absolute atomic E-state index is 4.22. The maximum atomic E-state index is 4.22. The number of thioether (sulfide) groups is 1. The van der Waals surface area contributed by atoms with E-state index in [1.165, 1.54) is 6.33 Å². The van der Waals surface area contributed by atoms with Gasteiger partial charge >= 0.3 is 0 Å². The lowest BCUT2D eigenvalue weighted by Crippen LogP contribution is -1.96. The van der Waals surface area contributed by atoms with Gasteiger partial charge in [0, 0.05) is 5.69 Å². The van der Waals surface area contributed by atoms with Crippen molar-refractivity contribution < 1.29 is 0 Å². The molecule has 2 aromatic heterocycles. The standard InChI is InChI=1S/C7H8N4S/c1-5-3-6(12-2)11-7(10-5)8-4-9-11/h3-4H,1-2H3. The molecule has 5 heteroatoms. The van der Waals surface area contributed by atoms with E-state index in [2.05, 4.69) is 15.1 Å². The number of aryl methyl sites for hydroxylation is 1. The average Bonchev–Trinajstić information content (AvgIpc) is 2.50. The molecule has 0 saturated carbocycles. The van der Waals surface area contributed by atoms with Gasteiger partial charge in [-0.25, -0.2) is 4.98 Å². The third-order valence-electron chi connectivity index (χ3n) is 1.56. The summed E-state index contributed by atoms with van der Waals surface area (Å²) >= 11 is 1.64. The van der Waals surface area contributed by atoms with Crippen LogP contribution < -0.4 is 0 Å². The molecule has 0 N–H and O–H groups in total. The Morgan fingerprint density at radius 2 is 2.33 bits per heavy atom. The van der Waals surface area contributed by atoms with Crippen molar-refractivity contribution in [1.82, 2.24) is 19.6 Å². The Morgan fingerprint density at radius 1 is 1.50 bits per heavy atom. The Balaban J connectivity index is 2.80. The quantitative estimate of drug-likeness (QED) is 0.488. The lowest BCUT2D eigenvalue weighted by atomic mass is 10.5. The zero-order valence-electron chi connectivity index (χ0n) is 6.85. The first kappa shape index (κ1) is 7.54. The molecule has 0 aliphatic carbocycles. The van der Waals surface area contributed by atoms with Crippen molar-refractivity contribution in [1.29, 1.82) is 0 Å². The predicted octanol–water partition coefficient (Wildman–Crippen LogP) is 1.15. The number of nitrogens with zero attached hydrogens (tertiary/aromatic N) is 4. The van der Waals surface area contributed by atoms with Crippen LogP contribution in [0.5, 0.6) is 0 Å². The minimum absolute atomic E-state index is 0.666. The van der Waals surface area contributed by atoms with Gasteiger partial charge in [0.25, 0.3) is 5.78 Å². The summed E-state index contributed by atoms with van der Waals surface area (Å²) in [7, 11) is 0. The molecular weight excluding hydrogens is 172 g/mol. The molecule has 0 aromatic carbocycles. The first-order chi connectivity index (χ1) is 5.81. The molecule has 0 fully saturated rings. The lowest BCUT2D eigenvalue weighted by Gasteiger charge is -1.99. The van der Waals surface area contributed by atoms with Crippen molar-refractivity contribution >= 4 is 17.5 Å². The molecule has 2 rings (SSSR count). The number of hydrogen-bond donors (Lipinski definition) is 0. The van der Waals surface area contributed by atoms with Crippen LogP contribution in [-0.2, 0) is 0 Å². The highest BCUT2D eigenvalue weighted by molar-refractivity contribution is 7.98. The van der Waals surface area contributed by atoms with Crippen molar-refractivity contribution in [3.05, 3.63) is 18.1 Å². The van der Waals surface area contributed by atoms with Crippen molar-refractivity contribution in [3.63, 3.8) is 0 Å². The minimum Gasteiger partial charge on any atom is -0.216 e. The molecule has 62 valence electrons. The number of hydrogen-bond acceptors (Lipinski definition) is 4. The highest BCUT2D eigenvalue weighted by atomic mass is 32.2. The summed E-state index contributed by atoms with van der Waals surface area (Å²) in [5, 5.41) is 5.12. The fraction of sp³-hybridized carbons (Fsp3) is 0.286. The molecule has 0 aliphatic heterocycles. The molecule has 0 radical (unpaired) electrons. The van der Waals surface area contributed by atoms with E-state index < -0.39 is 0 Å². The summed E-state index contributed by atoms with van der Waals surface area (Å²) < 4.78 is 1.73. The van der Waals surface area contributed by atoms with Crippen LogP contribution in [-0.4, -0.2) is 25.8 Å². The number of aromatic nitrogens is 4. The first-order valence-electron chi connectivity index (χ1n) is 3.52. The van der Waals surface area contributed by atoms with Crippen molar-refractivity contribution in [2.45, 2.75) is 11.9 Å². The van der Waals surface area contributed by atoms with E-state index in [9.17, 15) is 0 Å². The SMILES string of the molecule is CSc1cc(C)nc2ncnn12. The molecule has 0 amide bonds. The minimum atomic E-state index is 0.666.